The molecule has 23 heavy (non-hydrogen) atoms. The van der Waals surface area contributed by atoms with Crippen LogP contribution in [0.3, 0.4) is 0 Å². The predicted octanol–water partition coefficient (Wildman–Crippen LogP) is 2.99. The minimum absolute atomic E-state index is 0.201. The molecule has 0 unspecified atom stereocenters. The molecule has 0 saturated heterocycles. The van der Waals surface area contributed by atoms with Gasteiger partial charge in [-0.25, -0.2) is 0 Å². The molecule has 0 aliphatic carbocycles. The van der Waals surface area contributed by atoms with E-state index in [0.717, 1.165) is 13.1 Å². The lowest BCUT2D eigenvalue weighted by atomic mass is 10.2. The molecule has 0 aliphatic heterocycles. The highest BCUT2D eigenvalue weighted by Crippen LogP contribution is 2.18. The maximum Gasteiger partial charge on any atom is 0.287 e. The van der Waals surface area contributed by atoms with Crippen molar-refractivity contribution in [2.75, 3.05) is 31.6 Å². The molecule has 1 amide bonds. The van der Waals surface area contributed by atoms with Gasteiger partial charge in [0.1, 0.15) is 12.4 Å². The van der Waals surface area contributed by atoms with Crippen LogP contribution in [0.1, 0.15) is 28.8 Å². The highest BCUT2D eigenvalue weighted by molar-refractivity contribution is 5.91. The Morgan fingerprint density at radius 1 is 1.26 bits per heavy atom. The molecule has 2 aromatic rings. The molecule has 0 fully saturated rings. The van der Waals surface area contributed by atoms with Gasteiger partial charge in [-0.3, -0.25) is 4.79 Å². The van der Waals surface area contributed by atoms with Crippen LogP contribution < -0.4 is 10.2 Å². The Balaban J connectivity index is 1.87. The molecule has 0 bridgehead atoms. The zero-order valence-corrected chi connectivity index (χ0v) is 14.0. The Labute approximate surface area is 137 Å². The van der Waals surface area contributed by atoms with Gasteiger partial charge >= 0.3 is 0 Å². The number of aryl methyl sites for hydroxylation is 1. The van der Waals surface area contributed by atoms with Gasteiger partial charge in [0, 0.05) is 32.4 Å². The first-order valence-corrected chi connectivity index (χ1v) is 7.82. The number of nitrogens with zero attached hydrogens (tertiary/aromatic N) is 1. The summed E-state index contributed by atoms with van der Waals surface area (Å²) in [5.74, 6) is 0.761. The number of benzene rings is 1. The van der Waals surface area contributed by atoms with Crippen LogP contribution in [0.4, 0.5) is 5.69 Å². The topological polar surface area (TPSA) is 54.7 Å². The van der Waals surface area contributed by atoms with Crippen molar-refractivity contribution >= 4 is 11.6 Å². The Morgan fingerprint density at radius 2 is 2.04 bits per heavy atom. The molecule has 2 rings (SSSR count). The summed E-state index contributed by atoms with van der Waals surface area (Å²) in [5, 5.41) is 2.89. The van der Waals surface area contributed by atoms with Crippen molar-refractivity contribution < 1.29 is 13.9 Å². The van der Waals surface area contributed by atoms with E-state index in [1.54, 1.807) is 19.2 Å². The molecule has 1 heterocycles. The van der Waals surface area contributed by atoms with Gasteiger partial charge in [-0.1, -0.05) is 18.2 Å². The third-order valence-corrected chi connectivity index (χ3v) is 3.68. The second-order valence-corrected chi connectivity index (χ2v) is 5.32. The van der Waals surface area contributed by atoms with Crippen molar-refractivity contribution in [3.63, 3.8) is 0 Å². The Hall–Kier alpha value is -2.27. The van der Waals surface area contributed by atoms with E-state index in [2.05, 4.69) is 36.2 Å². The van der Waals surface area contributed by atoms with Crippen LogP contribution >= 0.6 is 0 Å². The number of furan rings is 1. The van der Waals surface area contributed by atoms with Crippen molar-refractivity contribution in [3.05, 3.63) is 53.5 Å². The Morgan fingerprint density at radius 3 is 2.74 bits per heavy atom. The van der Waals surface area contributed by atoms with Gasteiger partial charge in [-0.2, -0.15) is 0 Å². The molecule has 0 saturated carbocycles. The quantitative estimate of drug-likeness (QED) is 0.813. The molecule has 0 radical (unpaired) electrons. The van der Waals surface area contributed by atoms with Gasteiger partial charge in [0.25, 0.3) is 5.91 Å². The normalized spacial score (nSPS) is 10.6. The van der Waals surface area contributed by atoms with Crippen molar-refractivity contribution in [3.8, 4) is 0 Å². The van der Waals surface area contributed by atoms with Crippen LogP contribution in [0.25, 0.3) is 0 Å². The van der Waals surface area contributed by atoms with Gasteiger partial charge in [-0.05, 0) is 37.6 Å². The summed E-state index contributed by atoms with van der Waals surface area (Å²) in [5.41, 5.74) is 2.43. The van der Waals surface area contributed by atoms with Crippen LogP contribution in [0.5, 0.6) is 0 Å². The van der Waals surface area contributed by atoms with Gasteiger partial charge in [0.2, 0.25) is 0 Å². The van der Waals surface area contributed by atoms with E-state index in [0.29, 0.717) is 24.7 Å². The number of ether oxygens (including phenoxy) is 1. The average Bonchev–Trinajstić information content (AvgIpc) is 3.01. The molecule has 1 aromatic heterocycles. The number of amides is 1. The zero-order valence-electron chi connectivity index (χ0n) is 14.0. The third-order valence-electron chi connectivity index (χ3n) is 3.68. The summed E-state index contributed by atoms with van der Waals surface area (Å²) in [6.45, 7) is 6.76. The maximum atomic E-state index is 12.1. The number of rotatable bonds is 8. The van der Waals surface area contributed by atoms with E-state index in [1.165, 1.54) is 11.3 Å². The van der Waals surface area contributed by atoms with Gasteiger partial charge in [-0.15, -0.1) is 0 Å². The fourth-order valence-electron chi connectivity index (χ4n) is 2.48. The number of anilines is 1. The first-order chi connectivity index (χ1) is 11.2. The van der Waals surface area contributed by atoms with Gasteiger partial charge in [0.05, 0.1) is 0 Å². The summed E-state index contributed by atoms with van der Waals surface area (Å²) in [6.07, 6.45) is 0. The molecular weight excluding hydrogens is 292 g/mol. The summed E-state index contributed by atoms with van der Waals surface area (Å²) in [7, 11) is 1.59. The molecular formula is C18H24N2O3. The lowest BCUT2D eigenvalue weighted by molar-refractivity contribution is 0.0918. The lowest BCUT2D eigenvalue weighted by Gasteiger charge is -2.24. The Bertz CT molecular complexity index is 637. The molecule has 124 valence electrons. The van der Waals surface area contributed by atoms with Crippen molar-refractivity contribution in [1.82, 2.24) is 5.32 Å². The third kappa shape index (κ3) is 4.60. The number of likely N-dealkylation sites (N-methyl/N-ethyl adjacent to an activating group) is 1. The maximum absolute atomic E-state index is 12.1. The van der Waals surface area contributed by atoms with Crippen molar-refractivity contribution in [2.45, 2.75) is 20.5 Å². The van der Waals surface area contributed by atoms with Gasteiger partial charge < -0.3 is 19.4 Å². The number of nitrogens with one attached hydrogen (secondary N) is 1. The minimum Gasteiger partial charge on any atom is -0.453 e. The SMILES string of the molecule is CCN(CCNC(=O)c1ccc(COC)o1)c1ccccc1C. The number of methoxy groups -OCH3 is 1. The van der Waals surface area contributed by atoms with Crippen LogP contribution in [0, 0.1) is 6.92 Å². The number of para-hydroxylation sites is 1. The zero-order chi connectivity index (χ0) is 16.7. The van der Waals surface area contributed by atoms with E-state index in [4.69, 9.17) is 9.15 Å². The van der Waals surface area contributed by atoms with Crippen molar-refractivity contribution in [1.29, 1.82) is 0 Å². The fourth-order valence-corrected chi connectivity index (χ4v) is 2.48. The summed E-state index contributed by atoms with van der Waals surface area (Å²) < 4.78 is 10.4. The lowest BCUT2D eigenvalue weighted by Crippen LogP contribution is -2.35. The molecule has 1 N–H and O–H groups in total. The second-order valence-electron chi connectivity index (χ2n) is 5.32. The monoisotopic (exact) mass is 316 g/mol. The molecule has 1 aromatic carbocycles. The van der Waals surface area contributed by atoms with E-state index in [1.807, 2.05) is 12.1 Å². The van der Waals surface area contributed by atoms with Crippen LogP contribution in [0.15, 0.2) is 40.8 Å². The first-order valence-electron chi connectivity index (χ1n) is 7.82. The molecule has 0 atom stereocenters. The second kappa shape index (κ2) is 8.39. The highest BCUT2D eigenvalue weighted by atomic mass is 16.5. The summed E-state index contributed by atoms with van der Waals surface area (Å²) in [6, 6.07) is 11.7. The van der Waals surface area contributed by atoms with E-state index in [-0.39, 0.29) is 5.91 Å². The fraction of sp³-hybridized carbons (Fsp3) is 0.389. The van der Waals surface area contributed by atoms with Crippen LogP contribution in [-0.2, 0) is 11.3 Å². The summed E-state index contributed by atoms with van der Waals surface area (Å²) in [4.78, 5) is 14.3. The molecule has 0 aliphatic rings. The van der Waals surface area contributed by atoms with Crippen molar-refractivity contribution in [2.24, 2.45) is 0 Å². The Kier molecular flexibility index (Phi) is 6.23. The van der Waals surface area contributed by atoms with Crippen LogP contribution in [-0.4, -0.2) is 32.7 Å². The largest absolute Gasteiger partial charge is 0.453 e. The number of hydrogen-bond donors (Lipinski definition) is 1. The average molecular weight is 316 g/mol. The van der Waals surface area contributed by atoms with Gasteiger partial charge in [0.15, 0.2) is 5.76 Å². The molecule has 5 heteroatoms. The number of carbonyl (C=O) groups excluding carboxylic acids is 1. The molecule has 0 spiro atoms. The van der Waals surface area contributed by atoms with E-state index < -0.39 is 0 Å². The highest BCUT2D eigenvalue weighted by Gasteiger charge is 2.12. The molecule has 5 nitrogen and oxygen atoms in total. The van der Waals surface area contributed by atoms with E-state index >= 15 is 0 Å². The van der Waals surface area contributed by atoms with Crippen LogP contribution in [0.2, 0.25) is 0 Å². The minimum atomic E-state index is -0.201. The first kappa shape index (κ1) is 17.1. The number of hydrogen-bond acceptors (Lipinski definition) is 4. The summed E-state index contributed by atoms with van der Waals surface area (Å²) >= 11 is 0. The smallest absolute Gasteiger partial charge is 0.287 e. The van der Waals surface area contributed by atoms with E-state index in [9.17, 15) is 4.79 Å². The predicted molar refractivity (Wildman–Crippen MR) is 90.8 cm³/mol. The standard InChI is InChI=1S/C18H24N2O3/c1-4-20(16-8-6-5-7-14(16)2)12-11-19-18(21)17-10-9-15(23-17)13-22-3/h5-10H,4,11-13H2,1-3H3,(H,19,21). The number of carbonyl (C=O) groups is 1.